The van der Waals surface area contributed by atoms with E-state index in [1.807, 2.05) is 30.5 Å². The van der Waals surface area contributed by atoms with Crippen molar-refractivity contribution in [2.24, 2.45) is 5.41 Å². The topological polar surface area (TPSA) is 44.9 Å². The standard InChI is InChI=1S/C15H20N2O/c1-4-15(2,3)10-17-14(18)12-7-5-6-11-8-9-16-13(11)12/h5-9,16H,4,10H2,1-3H3,(H,17,18). The molecule has 2 N–H and O–H groups in total. The summed E-state index contributed by atoms with van der Waals surface area (Å²) in [7, 11) is 0. The Kier molecular flexibility index (Phi) is 3.41. The zero-order valence-corrected chi connectivity index (χ0v) is 11.2. The van der Waals surface area contributed by atoms with Gasteiger partial charge in [-0.05, 0) is 24.0 Å². The molecule has 1 aromatic heterocycles. The highest BCUT2D eigenvalue weighted by Crippen LogP contribution is 2.19. The molecule has 1 heterocycles. The second-order valence-corrected chi connectivity index (χ2v) is 5.45. The monoisotopic (exact) mass is 244 g/mol. The maximum atomic E-state index is 12.2. The highest BCUT2D eigenvalue weighted by atomic mass is 16.1. The number of para-hydroxylation sites is 1. The predicted octanol–water partition coefficient (Wildman–Crippen LogP) is 3.33. The minimum Gasteiger partial charge on any atom is -0.361 e. The van der Waals surface area contributed by atoms with Gasteiger partial charge in [-0.25, -0.2) is 0 Å². The molecule has 96 valence electrons. The van der Waals surface area contributed by atoms with Gasteiger partial charge in [-0.1, -0.05) is 32.9 Å². The second kappa shape index (κ2) is 4.84. The van der Waals surface area contributed by atoms with Crippen LogP contribution < -0.4 is 5.32 Å². The van der Waals surface area contributed by atoms with Crippen LogP contribution in [-0.2, 0) is 0 Å². The molecule has 0 spiro atoms. The van der Waals surface area contributed by atoms with Gasteiger partial charge in [0, 0.05) is 18.1 Å². The first kappa shape index (κ1) is 12.7. The molecule has 18 heavy (non-hydrogen) atoms. The fourth-order valence-corrected chi connectivity index (χ4v) is 1.81. The van der Waals surface area contributed by atoms with E-state index in [1.54, 1.807) is 0 Å². The van der Waals surface area contributed by atoms with Crippen LogP contribution in [0.3, 0.4) is 0 Å². The fraction of sp³-hybridized carbons (Fsp3) is 0.400. The molecule has 0 aliphatic heterocycles. The summed E-state index contributed by atoms with van der Waals surface area (Å²) in [5, 5.41) is 4.08. The van der Waals surface area contributed by atoms with E-state index in [9.17, 15) is 4.79 Å². The van der Waals surface area contributed by atoms with E-state index in [4.69, 9.17) is 0 Å². The number of amides is 1. The average molecular weight is 244 g/mol. The molecule has 0 aliphatic rings. The number of nitrogens with one attached hydrogen (secondary N) is 2. The summed E-state index contributed by atoms with van der Waals surface area (Å²) in [5.74, 6) is -0.00965. The lowest BCUT2D eigenvalue weighted by molar-refractivity contribution is 0.0937. The van der Waals surface area contributed by atoms with Crippen molar-refractivity contribution in [1.29, 1.82) is 0 Å². The third kappa shape index (κ3) is 2.55. The molecule has 3 heteroatoms. The van der Waals surface area contributed by atoms with Gasteiger partial charge in [0.25, 0.3) is 5.91 Å². The van der Waals surface area contributed by atoms with Crippen LogP contribution in [0.2, 0.25) is 0 Å². The molecular weight excluding hydrogens is 224 g/mol. The summed E-state index contributed by atoms with van der Waals surface area (Å²) in [5.41, 5.74) is 1.76. The van der Waals surface area contributed by atoms with Crippen LogP contribution in [0, 0.1) is 5.41 Å². The molecule has 0 fully saturated rings. The molecule has 0 aliphatic carbocycles. The summed E-state index contributed by atoms with van der Waals surface area (Å²) in [6.07, 6.45) is 2.90. The van der Waals surface area contributed by atoms with Crippen LogP contribution in [0.1, 0.15) is 37.6 Å². The van der Waals surface area contributed by atoms with Crippen molar-refractivity contribution in [1.82, 2.24) is 10.3 Å². The van der Waals surface area contributed by atoms with Crippen LogP contribution in [0.5, 0.6) is 0 Å². The third-order valence-corrected chi connectivity index (χ3v) is 3.52. The normalized spacial score (nSPS) is 11.7. The van der Waals surface area contributed by atoms with E-state index in [1.165, 1.54) is 0 Å². The Morgan fingerprint density at radius 3 is 2.83 bits per heavy atom. The zero-order chi connectivity index (χ0) is 13.2. The summed E-state index contributed by atoms with van der Waals surface area (Å²) >= 11 is 0. The van der Waals surface area contributed by atoms with Crippen molar-refractivity contribution >= 4 is 16.8 Å². The van der Waals surface area contributed by atoms with Crippen LogP contribution in [-0.4, -0.2) is 17.4 Å². The maximum absolute atomic E-state index is 12.2. The van der Waals surface area contributed by atoms with E-state index in [-0.39, 0.29) is 11.3 Å². The Morgan fingerprint density at radius 1 is 1.33 bits per heavy atom. The van der Waals surface area contributed by atoms with Gasteiger partial charge >= 0.3 is 0 Å². The van der Waals surface area contributed by atoms with Gasteiger partial charge in [0.15, 0.2) is 0 Å². The van der Waals surface area contributed by atoms with Gasteiger partial charge in [0.1, 0.15) is 0 Å². The van der Waals surface area contributed by atoms with Gasteiger partial charge in [-0.15, -0.1) is 0 Å². The number of aromatic nitrogens is 1. The number of carbonyl (C=O) groups is 1. The number of fused-ring (bicyclic) bond motifs is 1. The molecule has 0 saturated carbocycles. The van der Waals surface area contributed by atoms with Crippen molar-refractivity contribution in [3.63, 3.8) is 0 Å². The Hall–Kier alpha value is -1.77. The summed E-state index contributed by atoms with van der Waals surface area (Å²) in [4.78, 5) is 15.3. The van der Waals surface area contributed by atoms with Crippen molar-refractivity contribution < 1.29 is 4.79 Å². The van der Waals surface area contributed by atoms with E-state index >= 15 is 0 Å². The lowest BCUT2D eigenvalue weighted by Gasteiger charge is -2.22. The SMILES string of the molecule is CCC(C)(C)CNC(=O)c1cccc2cc[nH]c12. The smallest absolute Gasteiger partial charge is 0.253 e. The molecular formula is C15H20N2O. The largest absolute Gasteiger partial charge is 0.361 e. The molecule has 0 unspecified atom stereocenters. The van der Waals surface area contributed by atoms with Gasteiger partial charge in [0.05, 0.1) is 11.1 Å². The van der Waals surface area contributed by atoms with Crippen molar-refractivity contribution in [3.8, 4) is 0 Å². The number of carbonyl (C=O) groups excluding carboxylic acids is 1. The van der Waals surface area contributed by atoms with Crippen LogP contribution in [0.25, 0.3) is 10.9 Å². The number of hydrogen-bond acceptors (Lipinski definition) is 1. The molecule has 0 radical (unpaired) electrons. The third-order valence-electron chi connectivity index (χ3n) is 3.52. The lowest BCUT2D eigenvalue weighted by Crippen LogP contribution is -2.33. The Bertz CT molecular complexity index is 554. The summed E-state index contributed by atoms with van der Waals surface area (Å²) < 4.78 is 0. The molecule has 0 atom stereocenters. The van der Waals surface area contributed by atoms with Crippen LogP contribution >= 0.6 is 0 Å². The van der Waals surface area contributed by atoms with E-state index in [0.29, 0.717) is 12.1 Å². The van der Waals surface area contributed by atoms with Gasteiger partial charge in [-0.2, -0.15) is 0 Å². The van der Waals surface area contributed by atoms with Crippen molar-refractivity contribution in [3.05, 3.63) is 36.0 Å². The fourth-order valence-electron chi connectivity index (χ4n) is 1.81. The summed E-state index contributed by atoms with van der Waals surface area (Å²) in [6, 6.07) is 7.74. The molecule has 2 rings (SSSR count). The van der Waals surface area contributed by atoms with Crippen molar-refractivity contribution in [2.75, 3.05) is 6.54 Å². The van der Waals surface area contributed by atoms with Gasteiger partial charge in [0.2, 0.25) is 0 Å². The number of H-pyrrole nitrogens is 1. The van der Waals surface area contributed by atoms with Gasteiger partial charge < -0.3 is 10.3 Å². The van der Waals surface area contributed by atoms with Gasteiger partial charge in [-0.3, -0.25) is 4.79 Å². The quantitative estimate of drug-likeness (QED) is 0.851. The lowest BCUT2D eigenvalue weighted by atomic mass is 9.90. The van der Waals surface area contributed by atoms with E-state index < -0.39 is 0 Å². The van der Waals surface area contributed by atoms with Crippen molar-refractivity contribution in [2.45, 2.75) is 27.2 Å². The number of benzene rings is 1. The number of hydrogen-bond donors (Lipinski definition) is 2. The minimum atomic E-state index is -0.00965. The zero-order valence-electron chi connectivity index (χ0n) is 11.2. The highest BCUT2D eigenvalue weighted by Gasteiger charge is 2.17. The molecule has 0 bridgehead atoms. The first-order valence-electron chi connectivity index (χ1n) is 6.38. The molecule has 1 amide bonds. The molecule has 1 aromatic carbocycles. The van der Waals surface area contributed by atoms with E-state index in [2.05, 4.69) is 31.1 Å². The average Bonchev–Trinajstić information content (AvgIpc) is 2.84. The highest BCUT2D eigenvalue weighted by molar-refractivity contribution is 6.05. The second-order valence-electron chi connectivity index (χ2n) is 5.45. The number of aromatic amines is 1. The number of rotatable bonds is 4. The van der Waals surface area contributed by atoms with Crippen LogP contribution in [0.4, 0.5) is 0 Å². The van der Waals surface area contributed by atoms with E-state index in [0.717, 1.165) is 17.3 Å². The first-order valence-corrected chi connectivity index (χ1v) is 6.38. The first-order chi connectivity index (χ1) is 8.53. The Morgan fingerprint density at radius 2 is 2.11 bits per heavy atom. The van der Waals surface area contributed by atoms with Crippen LogP contribution in [0.15, 0.2) is 30.5 Å². The molecule has 3 nitrogen and oxygen atoms in total. The Balaban J connectivity index is 2.17. The Labute approximate surface area is 108 Å². The molecule has 0 saturated heterocycles. The maximum Gasteiger partial charge on any atom is 0.253 e. The predicted molar refractivity (Wildman–Crippen MR) is 74.7 cm³/mol. The molecule has 2 aromatic rings. The summed E-state index contributed by atoms with van der Waals surface area (Å²) in [6.45, 7) is 7.14. The minimum absolute atomic E-state index is 0.00965.